The maximum atomic E-state index is 11.7. The molecule has 0 bridgehead atoms. The van der Waals surface area contributed by atoms with Crippen LogP contribution in [0.4, 0.5) is 5.69 Å². The van der Waals surface area contributed by atoms with Crippen LogP contribution >= 0.6 is 23.2 Å². The molecule has 0 saturated carbocycles. The van der Waals surface area contributed by atoms with Crippen LogP contribution in [0.2, 0.25) is 10.0 Å². The Morgan fingerprint density at radius 3 is 2.47 bits per heavy atom. The van der Waals surface area contributed by atoms with Crippen LogP contribution in [0.5, 0.6) is 5.75 Å². The Hall–Kier alpha value is -2.94. The van der Waals surface area contributed by atoms with Crippen molar-refractivity contribution in [1.29, 1.82) is 10.2 Å². The lowest BCUT2D eigenvalue weighted by Gasteiger charge is -2.18. The molecule has 0 fully saturated rings. The average molecular weight is 490 g/mol. The third-order valence-corrected chi connectivity index (χ3v) is 6.17. The fraction of sp³-hybridized carbons (Fsp3) is 0.136. The molecule has 4 N–H and O–H groups in total. The van der Waals surface area contributed by atoms with E-state index in [-0.39, 0.29) is 10.7 Å². The van der Waals surface area contributed by atoms with Crippen LogP contribution in [0.25, 0.3) is 6.08 Å². The van der Waals surface area contributed by atoms with Crippen LogP contribution in [0.3, 0.4) is 0 Å². The zero-order chi connectivity index (χ0) is 23.5. The largest absolute Gasteiger partial charge is 0.486 e. The summed E-state index contributed by atoms with van der Waals surface area (Å²) >= 11 is 12.4. The summed E-state index contributed by atoms with van der Waals surface area (Å²) in [5, 5.41) is 9.42. The Kier molecular flexibility index (Phi) is 7.18. The van der Waals surface area contributed by atoms with Crippen LogP contribution in [0, 0.1) is 10.2 Å². The van der Waals surface area contributed by atoms with E-state index >= 15 is 0 Å². The molecule has 166 valence electrons. The average Bonchev–Trinajstić information content (AvgIpc) is 2.73. The second kappa shape index (κ2) is 9.68. The van der Waals surface area contributed by atoms with Crippen molar-refractivity contribution in [2.45, 2.75) is 18.1 Å². The number of nitrogen functional groups attached to an aromatic ring is 1. The van der Waals surface area contributed by atoms with Crippen molar-refractivity contribution in [2.24, 2.45) is 0 Å². The summed E-state index contributed by atoms with van der Waals surface area (Å²) in [5.41, 5.74) is 8.48. The molecule has 3 rings (SSSR count). The van der Waals surface area contributed by atoms with Crippen molar-refractivity contribution in [3.05, 3.63) is 81.7 Å². The van der Waals surface area contributed by atoms with Gasteiger partial charge in [0.1, 0.15) is 16.9 Å². The van der Waals surface area contributed by atoms with Gasteiger partial charge in [-0.15, -0.1) is 0 Å². The van der Waals surface area contributed by atoms with Crippen molar-refractivity contribution in [3.8, 4) is 5.75 Å². The van der Waals surface area contributed by atoms with Gasteiger partial charge in [-0.05, 0) is 42.8 Å². The lowest BCUT2D eigenvalue weighted by Crippen LogP contribution is -2.07. The van der Waals surface area contributed by atoms with Gasteiger partial charge in [0.15, 0.2) is 0 Å². The van der Waals surface area contributed by atoms with Crippen LogP contribution in [0.15, 0.2) is 60.0 Å². The first kappa shape index (κ1) is 23.7. The summed E-state index contributed by atoms with van der Waals surface area (Å²) in [5.74, 6) is 0.503. The highest BCUT2D eigenvalue weighted by molar-refractivity contribution is 7.91. The highest BCUT2D eigenvalue weighted by atomic mass is 35.5. The van der Waals surface area contributed by atoms with Gasteiger partial charge in [0, 0.05) is 41.7 Å². The lowest BCUT2D eigenvalue weighted by molar-refractivity contribution is 0.227. The molecule has 10 heteroatoms. The number of anilines is 1. The highest BCUT2D eigenvalue weighted by Gasteiger charge is 2.17. The number of nitrogens with zero attached hydrogens (tertiary/aromatic N) is 2. The molecule has 7 nitrogen and oxygen atoms in total. The lowest BCUT2D eigenvalue weighted by atomic mass is 10.1. The number of hydrogen-bond acceptors (Lipinski definition) is 7. The molecule has 1 aromatic carbocycles. The van der Waals surface area contributed by atoms with Gasteiger partial charge in [0.05, 0.1) is 25.5 Å². The van der Waals surface area contributed by atoms with E-state index in [4.69, 9.17) is 43.9 Å². The van der Waals surface area contributed by atoms with Gasteiger partial charge in [-0.2, -0.15) is 0 Å². The summed E-state index contributed by atoms with van der Waals surface area (Å²) in [4.78, 5) is 8.00. The fourth-order valence-corrected chi connectivity index (χ4v) is 4.16. The molecule has 2 heterocycles. The quantitative estimate of drug-likeness (QED) is 0.293. The number of benzene rings is 1. The van der Waals surface area contributed by atoms with Crippen LogP contribution in [0.1, 0.15) is 29.7 Å². The Balaban J connectivity index is 1.79. The second-order valence-electron chi connectivity index (χ2n) is 7.05. The molecule has 0 saturated heterocycles. The van der Waals surface area contributed by atoms with Crippen molar-refractivity contribution >= 4 is 50.4 Å². The Bertz CT molecular complexity index is 1270. The zero-order valence-electron chi connectivity index (χ0n) is 17.3. The molecule has 2 atom stereocenters. The predicted molar refractivity (Wildman–Crippen MR) is 129 cm³/mol. The minimum Gasteiger partial charge on any atom is -0.486 e. The summed E-state index contributed by atoms with van der Waals surface area (Å²) in [6, 6.07) is 8.28. The number of halogens is 2. The van der Waals surface area contributed by atoms with Crippen molar-refractivity contribution in [3.63, 3.8) is 0 Å². The zero-order valence-corrected chi connectivity index (χ0v) is 19.6. The number of ether oxygens (including phenoxy) is 1. The van der Waals surface area contributed by atoms with Gasteiger partial charge in [0.2, 0.25) is 0 Å². The Morgan fingerprint density at radius 1 is 1.19 bits per heavy atom. The number of hydrogen-bond donors (Lipinski definition) is 3. The predicted octanol–water partition coefficient (Wildman–Crippen LogP) is 5.62. The summed E-state index contributed by atoms with van der Waals surface area (Å²) in [6.07, 6.45) is 8.64. The number of nitrogens with one attached hydrogen (secondary N) is 2. The minimum atomic E-state index is -2.87. The summed E-state index contributed by atoms with van der Waals surface area (Å²) in [6.45, 7) is 1.82. The van der Waals surface area contributed by atoms with E-state index in [1.807, 2.05) is 6.92 Å². The molecule has 1 unspecified atom stereocenters. The van der Waals surface area contributed by atoms with Gasteiger partial charge in [-0.25, -0.2) is 14.0 Å². The molecule has 32 heavy (non-hydrogen) atoms. The van der Waals surface area contributed by atoms with Crippen LogP contribution in [-0.4, -0.2) is 26.1 Å². The van der Waals surface area contributed by atoms with Gasteiger partial charge < -0.3 is 15.9 Å². The number of allylic oxidation sites excluding steroid dienone is 1. The van der Waals surface area contributed by atoms with Crippen molar-refractivity contribution < 1.29 is 8.95 Å². The first-order valence-corrected chi connectivity index (χ1v) is 12.1. The Morgan fingerprint density at radius 2 is 1.88 bits per heavy atom. The number of pyridine rings is 2. The van der Waals surface area contributed by atoms with Gasteiger partial charge in [-0.3, -0.25) is 4.98 Å². The fourth-order valence-electron chi connectivity index (χ4n) is 2.90. The first-order chi connectivity index (χ1) is 15.1. The molecule has 3 aromatic rings. The van der Waals surface area contributed by atoms with E-state index in [1.54, 1.807) is 36.4 Å². The van der Waals surface area contributed by atoms with Crippen LogP contribution in [-0.2, 0) is 9.73 Å². The molecule has 0 aliphatic rings. The molecule has 0 aliphatic carbocycles. The molecular formula is C22H21Cl2N5O2S. The van der Waals surface area contributed by atoms with E-state index in [9.17, 15) is 4.21 Å². The highest BCUT2D eigenvalue weighted by Crippen LogP contribution is 2.33. The summed E-state index contributed by atoms with van der Waals surface area (Å²) < 4.78 is 25.3. The minimum absolute atomic E-state index is 0.171. The van der Waals surface area contributed by atoms with Crippen LogP contribution < -0.4 is 10.5 Å². The maximum Gasteiger partial charge on any atom is 0.135 e. The Labute approximate surface area is 196 Å². The van der Waals surface area contributed by atoms with Gasteiger partial charge in [-0.1, -0.05) is 35.3 Å². The maximum absolute atomic E-state index is 11.7. The molecule has 0 amide bonds. The van der Waals surface area contributed by atoms with E-state index in [2.05, 4.69) is 9.97 Å². The third kappa shape index (κ3) is 5.64. The normalized spacial score (nSPS) is 14.1. The monoisotopic (exact) mass is 489 g/mol. The molecule has 0 aliphatic heterocycles. The topological polar surface area (TPSA) is 126 Å². The van der Waals surface area contributed by atoms with E-state index in [0.29, 0.717) is 38.2 Å². The third-order valence-electron chi connectivity index (χ3n) is 4.53. The smallest absolute Gasteiger partial charge is 0.135 e. The first-order valence-electron chi connectivity index (χ1n) is 9.38. The number of nitrogens with two attached hydrogens (primary N) is 1. The molecular weight excluding hydrogens is 469 g/mol. The van der Waals surface area contributed by atoms with Crippen molar-refractivity contribution in [1.82, 2.24) is 9.97 Å². The molecule has 0 spiro atoms. The number of aromatic nitrogens is 2. The molecule has 2 aromatic heterocycles. The SMILES string of the molecule is C[C@@H](Oc1ccc(N)c(C(=N)/C=C/c2ccc(S(C)(=N)=O)nc2)c1)c1c(Cl)cncc1Cl. The van der Waals surface area contributed by atoms with E-state index in [1.165, 1.54) is 30.9 Å². The van der Waals surface area contributed by atoms with Crippen molar-refractivity contribution in [2.75, 3.05) is 12.0 Å². The molecule has 0 radical (unpaired) electrons. The van der Waals surface area contributed by atoms with Gasteiger partial charge >= 0.3 is 0 Å². The van der Waals surface area contributed by atoms with E-state index < -0.39 is 15.8 Å². The van der Waals surface area contributed by atoms with E-state index in [0.717, 1.165) is 0 Å². The number of rotatable bonds is 7. The second-order valence-corrected chi connectivity index (χ2v) is 9.97. The standard InChI is InChI=1S/C22H21Cl2N5O2S/c1-13(22-17(23)11-28-12-18(22)24)31-15-5-7-20(26)16(9-15)19(25)6-3-14-4-8-21(29-10-14)32(2,27)30/h3-13,25,27H,26H2,1-2H3/b6-3+,25-19?/t13-,32?/m1/s1. The van der Waals surface area contributed by atoms with Gasteiger partial charge in [0.25, 0.3) is 0 Å². The summed E-state index contributed by atoms with van der Waals surface area (Å²) in [7, 11) is -2.87.